The van der Waals surface area contributed by atoms with Crippen LogP contribution in [0.15, 0.2) is 30.8 Å². The summed E-state index contributed by atoms with van der Waals surface area (Å²) < 4.78 is 0. The Morgan fingerprint density at radius 3 is 1.94 bits per heavy atom. The molecule has 0 aliphatic rings. The molecule has 0 N–H and O–H groups in total. The van der Waals surface area contributed by atoms with Gasteiger partial charge in [0.05, 0.1) is 0 Å². The van der Waals surface area contributed by atoms with Crippen molar-refractivity contribution >= 4 is 17.1 Å². The Hall–Kier alpha value is -1.70. The molecule has 0 saturated carbocycles. The van der Waals surface area contributed by atoms with Crippen molar-refractivity contribution in [1.82, 2.24) is 0 Å². The third-order valence-corrected chi connectivity index (χ3v) is 2.48. The first-order valence-electron chi connectivity index (χ1n) is 5.29. The number of carbonyl (C=O) groups excluding carboxylic acids is 2. The zero-order chi connectivity index (χ0) is 12.1. The van der Waals surface area contributed by atoms with Crippen LogP contribution in [-0.4, -0.2) is 11.6 Å². The molecule has 2 nitrogen and oxygen atoms in total. The number of hydrogen-bond acceptors (Lipinski definition) is 2. The van der Waals surface area contributed by atoms with E-state index in [1.54, 1.807) is 26.0 Å². The second-order valence-corrected chi connectivity index (χ2v) is 3.94. The zero-order valence-corrected chi connectivity index (χ0v) is 9.75. The highest BCUT2D eigenvalue weighted by Gasteiger charge is 2.03. The van der Waals surface area contributed by atoms with E-state index in [0.29, 0.717) is 18.4 Å². The van der Waals surface area contributed by atoms with Gasteiger partial charge in [0.25, 0.3) is 0 Å². The van der Waals surface area contributed by atoms with Gasteiger partial charge in [0.15, 0.2) is 5.78 Å². The molecule has 2 heteroatoms. The van der Waals surface area contributed by atoms with E-state index in [-0.39, 0.29) is 11.6 Å². The van der Waals surface area contributed by atoms with E-state index in [2.05, 4.69) is 6.58 Å². The lowest BCUT2D eigenvalue weighted by atomic mass is 10.00. The lowest BCUT2D eigenvalue weighted by Crippen LogP contribution is -1.94. The molecule has 0 radical (unpaired) electrons. The summed E-state index contributed by atoms with van der Waals surface area (Å²) in [5.41, 5.74) is 2.62. The van der Waals surface area contributed by atoms with Crippen LogP contribution in [0.25, 0.3) is 5.57 Å². The quantitative estimate of drug-likeness (QED) is 0.708. The summed E-state index contributed by atoms with van der Waals surface area (Å²) in [5, 5.41) is 0. The molecule has 0 fully saturated rings. The van der Waals surface area contributed by atoms with E-state index in [4.69, 9.17) is 0 Å². The van der Waals surface area contributed by atoms with Crippen LogP contribution < -0.4 is 0 Å². The molecule has 1 aromatic carbocycles. The number of hydrogen-bond donors (Lipinski definition) is 0. The van der Waals surface area contributed by atoms with Gasteiger partial charge in [0, 0.05) is 12.0 Å². The van der Waals surface area contributed by atoms with E-state index in [1.165, 1.54) is 0 Å². The van der Waals surface area contributed by atoms with Gasteiger partial charge in [-0.3, -0.25) is 4.79 Å². The largest absolute Gasteiger partial charge is 0.300 e. The van der Waals surface area contributed by atoms with Gasteiger partial charge in [-0.15, -0.1) is 0 Å². The van der Waals surface area contributed by atoms with Crippen LogP contribution in [0.2, 0.25) is 0 Å². The smallest absolute Gasteiger partial charge is 0.159 e. The van der Waals surface area contributed by atoms with Gasteiger partial charge in [0.2, 0.25) is 0 Å². The predicted molar refractivity (Wildman–Crippen MR) is 65.4 cm³/mol. The summed E-state index contributed by atoms with van der Waals surface area (Å²) in [6, 6.07) is 7.33. The molecule has 0 saturated heterocycles. The Kier molecular flexibility index (Phi) is 4.18. The van der Waals surface area contributed by atoms with Crippen molar-refractivity contribution in [2.24, 2.45) is 0 Å². The fourth-order valence-corrected chi connectivity index (χ4v) is 1.41. The minimum atomic E-state index is 0.0564. The van der Waals surface area contributed by atoms with Crippen LogP contribution in [0.5, 0.6) is 0 Å². The fourth-order valence-electron chi connectivity index (χ4n) is 1.41. The van der Waals surface area contributed by atoms with Crippen molar-refractivity contribution in [3.8, 4) is 0 Å². The fraction of sp³-hybridized carbons (Fsp3) is 0.286. The second kappa shape index (κ2) is 5.40. The summed E-state index contributed by atoms with van der Waals surface area (Å²) in [5.74, 6) is 0.224. The Labute approximate surface area is 96.0 Å². The second-order valence-electron chi connectivity index (χ2n) is 3.94. The van der Waals surface area contributed by atoms with Crippen molar-refractivity contribution in [3.63, 3.8) is 0 Å². The van der Waals surface area contributed by atoms with Crippen molar-refractivity contribution in [1.29, 1.82) is 0 Å². The molecule has 0 aliphatic heterocycles. The highest BCUT2D eigenvalue weighted by Crippen LogP contribution is 2.18. The normalized spacial score (nSPS) is 9.88. The van der Waals surface area contributed by atoms with Crippen LogP contribution in [0.4, 0.5) is 0 Å². The first kappa shape index (κ1) is 12.4. The number of Topliss-reactive ketones (excluding diaryl/α,β-unsaturated/α-hetero) is 2. The predicted octanol–water partition coefficient (Wildman–Crippen LogP) is 3.27. The maximum Gasteiger partial charge on any atom is 0.159 e. The van der Waals surface area contributed by atoms with Crippen LogP contribution in [0.3, 0.4) is 0 Å². The molecule has 0 spiro atoms. The third kappa shape index (κ3) is 3.46. The van der Waals surface area contributed by atoms with Crippen molar-refractivity contribution in [2.45, 2.75) is 26.7 Å². The monoisotopic (exact) mass is 216 g/mol. The van der Waals surface area contributed by atoms with Gasteiger partial charge in [-0.25, -0.2) is 0 Å². The topological polar surface area (TPSA) is 34.1 Å². The molecule has 1 aromatic rings. The summed E-state index contributed by atoms with van der Waals surface area (Å²) >= 11 is 0. The first-order chi connectivity index (χ1) is 7.50. The Bertz CT molecular complexity index is 413. The minimum Gasteiger partial charge on any atom is -0.300 e. The Morgan fingerprint density at radius 2 is 1.50 bits per heavy atom. The average molecular weight is 216 g/mol. The van der Waals surface area contributed by atoms with Gasteiger partial charge in [-0.05, 0) is 31.4 Å². The number of allylic oxidation sites excluding steroid dienone is 1. The van der Waals surface area contributed by atoms with Gasteiger partial charge in [-0.2, -0.15) is 0 Å². The molecule has 0 unspecified atom stereocenters. The molecule has 0 amide bonds. The summed E-state index contributed by atoms with van der Waals surface area (Å²) in [4.78, 5) is 21.9. The molecule has 16 heavy (non-hydrogen) atoms. The average Bonchev–Trinajstić information content (AvgIpc) is 2.26. The number of ketones is 2. The van der Waals surface area contributed by atoms with Crippen LogP contribution >= 0.6 is 0 Å². The van der Waals surface area contributed by atoms with E-state index in [0.717, 1.165) is 11.1 Å². The van der Waals surface area contributed by atoms with Crippen molar-refractivity contribution in [3.05, 3.63) is 42.0 Å². The molecule has 84 valence electrons. The van der Waals surface area contributed by atoms with E-state index < -0.39 is 0 Å². The molecule has 0 atom stereocenters. The molecule has 1 rings (SSSR count). The zero-order valence-electron chi connectivity index (χ0n) is 9.75. The molecule has 0 heterocycles. The lowest BCUT2D eigenvalue weighted by molar-refractivity contribution is -0.116. The van der Waals surface area contributed by atoms with Crippen LogP contribution in [-0.2, 0) is 4.79 Å². The van der Waals surface area contributed by atoms with Gasteiger partial charge in [-0.1, -0.05) is 30.8 Å². The Balaban J connectivity index is 2.70. The van der Waals surface area contributed by atoms with Gasteiger partial charge >= 0.3 is 0 Å². The SMILES string of the molecule is C=C(CCC(C)=O)c1ccc(C(C)=O)cc1. The summed E-state index contributed by atoms with van der Waals surface area (Å²) in [6.07, 6.45) is 1.20. The Morgan fingerprint density at radius 1 is 1.00 bits per heavy atom. The van der Waals surface area contributed by atoms with Crippen molar-refractivity contribution in [2.75, 3.05) is 0 Å². The molecule has 0 aliphatic carbocycles. The highest BCUT2D eigenvalue weighted by molar-refractivity contribution is 5.94. The molecule has 0 bridgehead atoms. The standard InChI is InChI=1S/C14H16O2/c1-10(4-5-11(2)15)13-6-8-14(9-7-13)12(3)16/h6-9H,1,4-5H2,2-3H3. The van der Waals surface area contributed by atoms with Gasteiger partial charge in [0.1, 0.15) is 5.78 Å². The first-order valence-corrected chi connectivity index (χ1v) is 5.29. The summed E-state index contributed by atoms with van der Waals surface area (Å²) in [7, 11) is 0. The lowest BCUT2D eigenvalue weighted by Gasteiger charge is -2.05. The maximum absolute atomic E-state index is 11.1. The van der Waals surface area contributed by atoms with Crippen LogP contribution in [0, 0.1) is 0 Å². The van der Waals surface area contributed by atoms with E-state index in [9.17, 15) is 9.59 Å². The molecular formula is C14H16O2. The number of rotatable bonds is 5. The van der Waals surface area contributed by atoms with E-state index in [1.807, 2.05) is 12.1 Å². The van der Waals surface area contributed by atoms with Gasteiger partial charge < -0.3 is 4.79 Å². The highest BCUT2D eigenvalue weighted by atomic mass is 16.1. The minimum absolute atomic E-state index is 0.0564. The van der Waals surface area contributed by atoms with Crippen LogP contribution in [0.1, 0.15) is 42.6 Å². The summed E-state index contributed by atoms with van der Waals surface area (Å²) in [6.45, 7) is 7.05. The van der Waals surface area contributed by atoms with Crippen molar-refractivity contribution < 1.29 is 9.59 Å². The molecular weight excluding hydrogens is 200 g/mol. The number of carbonyl (C=O) groups is 2. The maximum atomic E-state index is 11.1. The number of benzene rings is 1. The molecule has 0 aromatic heterocycles. The van der Waals surface area contributed by atoms with E-state index >= 15 is 0 Å². The third-order valence-electron chi connectivity index (χ3n) is 2.48.